The van der Waals surface area contributed by atoms with E-state index in [1.54, 1.807) is 0 Å². The van der Waals surface area contributed by atoms with Crippen LogP contribution < -0.4 is 5.32 Å². The summed E-state index contributed by atoms with van der Waals surface area (Å²) in [5.74, 6) is 3.95. The molecule has 2 N–H and O–H groups in total. The lowest BCUT2D eigenvalue weighted by Gasteiger charge is -2.50. The summed E-state index contributed by atoms with van der Waals surface area (Å²) in [6.07, 6.45) is 6.55. The molecular formula is C23H43NO6Si. The first-order valence-corrected chi connectivity index (χ1v) is 14.4. The maximum absolute atomic E-state index is 12.2. The van der Waals surface area contributed by atoms with Crippen LogP contribution in [-0.4, -0.2) is 59.6 Å². The number of alkyl carbamates (subject to hydrolysis) is 1. The third-order valence-corrected chi connectivity index (χ3v) is 10.9. The van der Waals surface area contributed by atoms with Gasteiger partial charge in [0.25, 0.3) is 0 Å². The topological polar surface area (TPSA) is 86.3 Å². The highest BCUT2D eigenvalue weighted by molar-refractivity contribution is 6.60. The molecule has 4 aliphatic carbocycles. The lowest BCUT2D eigenvalue weighted by molar-refractivity contribution is -0.0288. The first-order chi connectivity index (χ1) is 15.1. The molecule has 1 amide bonds. The molecule has 8 heteroatoms. The first kappa shape index (κ1) is 25.0. The van der Waals surface area contributed by atoms with Crippen LogP contribution in [0.3, 0.4) is 0 Å². The van der Waals surface area contributed by atoms with Gasteiger partial charge in [0.1, 0.15) is 0 Å². The van der Waals surface area contributed by atoms with E-state index in [9.17, 15) is 9.90 Å². The lowest BCUT2D eigenvalue weighted by Crippen LogP contribution is -2.46. The number of carbonyl (C=O) groups is 1. The number of ether oxygens (including phenoxy) is 1. The Hall–Kier alpha value is -0.673. The molecule has 180 valence electrons. The van der Waals surface area contributed by atoms with Crippen molar-refractivity contribution in [2.24, 2.45) is 35.5 Å². The smallest absolute Gasteiger partial charge is 0.449 e. The molecule has 7 nitrogen and oxygen atoms in total. The number of fused-ring (bicyclic) bond motifs is 2. The van der Waals surface area contributed by atoms with E-state index in [-0.39, 0.29) is 6.09 Å². The molecule has 0 aliphatic heterocycles. The van der Waals surface area contributed by atoms with Crippen molar-refractivity contribution < 1.29 is 27.9 Å². The quantitative estimate of drug-likeness (QED) is 0.323. The Morgan fingerprint density at radius 2 is 1.65 bits per heavy atom. The van der Waals surface area contributed by atoms with E-state index in [0.29, 0.717) is 63.4 Å². The zero-order valence-electron chi connectivity index (χ0n) is 19.6. The van der Waals surface area contributed by atoms with Crippen molar-refractivity contribution in [1.29, 1.82) is 0 Å². The Kier molecular flexibility index (Phi) is 9.64. The van der Waals surface area contributed by atoms with Gasteiger partial charge in [-0.15, -0.1) is 0 Å². The monoisotopic (exact) mass is 457 g/mol. The van der Waals surface area contributed by atoms with Crippen molar-refractivity contribution in [2.75, 3.05) is 39.6 Å². The Bertz CT molecular complexity index is 547. The Labute approximate surface area is 188 Å². The number of rotatable bonds is 13. The Morgan fingerprint density at radius 1 is 0.968 bits per heavy atom. The van der Waals surface area contributed by atoms with Gasteiger partial charge in [0, 0.05) is 39.0 Å². The van der Waals surface area contributed by atoms with Crippen molar-refractivity contribution >= 4 is 14.9 Å². The maximum atomic E-state index is 12.2. The van der Waals surface area contributed by atoms with Gasteiger partial charge in [-0.25, -0.2) is 4.79 Å². The number of nitrogens with one attached hydrogen (secondary N) is 1. The molecule has 4 aliphatic rings. The molecule has 6 atom stereocenters. The maximum Gasteiger partial charge on any atom is 0.500 e. The predicted molar refractivity (Wildman–Crippen MR) is 121 cm³/mol. The van der Waals surface area contributed by atoms with Gasteiger partial charge in [0.2, 0.25) is 0 Å². The van der Waals surface area contributed by atoms with Crippen LogP contribution in [0.2, 0.25) is 6.04 Å². The molecule has 0 aromatic carbocycles. The van der Waals surface area contributed by atoms with Crippen molar-refractivity contribution in [3.05, 3.63) is 0 Å². The highest BCUT2D eigenvalue weighted by Crippen LogP contribution is 2.58. The average Bonchev–Trinajstić information content (AvgIpc) is 3.22. The summed E-state index contributed by atoms with van der Waals surface area (Å²) in [6.45, 7) is 8.91. The standard InChI is InChI=1S/C23H43NO6Si/c1-4-28-31(29-5-2,30-6-3)11-7-10-24-23(26)27-16-17-12-21-18-8-9-20(22(21)13-17)19(14-18)15-25/h17-22,25H,4-16H2,1-3H3,(H,24,26). The fourth-order valence-electron chi connectivity index (χ4n) is 6.61. The lowest BCUT2D eigenvalue weighted by atomic mass is 9.56. The fraction of sp³-hybridized carbons (Fsp3) is 0.957. The second-order valence-corrected chi connectivity index (χ2v) is 12.2. The molecule has 2 bridgehead atoms. The van der Waals surface area contributed by atoms with E-state index >= 15 is 0 Å². The van der Waals surface area contributed by atoms with Gasteiger partial charge >= 0.3 is 14.9 Å². The van der Waals surface area contributed by atoms with Gasteiger partial charge in [-0.1, -0.05) is 0 Å². The van der Waals surface area contributed by atoms with Crippen LogP contribution in [0.5, 0.6) is 0 Å². The molecular weight excluding hydrogens is 414 g/mol. The minimum atomic E-state index is -2.65. The number of amides is 1. The van der Waals surface area contributed by atoms with E-state index in [0.717, 1.165) is 30.6 Å². The highest BCUT2D eigenvalue weighted by atomic mass is 28.4. The largest absolute Gasteiger partial charge is 0.500 e. The second-order valence-electron chi connectivity index (χ2n) is 9.46. The van der Waals surface area contributed by atoms with Gasteiger partial charge in [-0.3, -0.25) is 0 Å². The van der Waals surface area contributed by atoms with E-state index in [1.165, 1.54) is 25.7 Å². The molecule has 31 heavy (non-hydrogen) atoms. The van der Waals surface area contributed by atoms with Crippen molar-refractivity contribution in [2.45, 2.75) is 65.3 Å². The Morgan fingerprint density at radius 3 is 2.29 bits per heavy atom. The van der Waals surface area contributed by atoms with E-state index < -0.39 is 8.80 Å². The molecule has 4 fully saturated rings. The summed E-state index contributed by atoms with van der Waals surface area (Å²) in [6, 6.07) is 0.684. The van der Waals surface area contributed by atoms with Crippen LogP contribution >= 0.6 is 0 Å². The minimum absolute atomic E-state index is 0.331. The summed E-state index contributed by atoms with van der Waals surface area (Å²) in [5, 5.41) is 12.6. The average molecular weight is 458 g/mol. The van der Waals surface area contributed by atoms with Crippen LogP contribution in [0.25, 0.3) is 0 Å². The second kappa shape index (κ2) is 12.0. The molecule has 0 heterocycles. The number of hydrogen-bond donors (Lipinski definition) is 2. The molecule has 0 aromatic rings. The van der Waals surface area contributed by atoms with Crippen LogP contribution in [0.4, 0.5) is 4.79 Å². The molecule has 0 saturated heterocycles. The van der Waals surface area contributed by atoms with E-state index in [4.69, 9.17) is 18.0 Å². The summed E-state index contributed by atoms with van der Waals surface area (Å²) in [4.78, 5) is 12.2. The van der Waals surface area contributed by atoms with Crippen molar-refractivity contribution in [3.63, 3.8) is 0 Å². The van der Waals surface area contributed by atoms with Crippen LogP contribution in [0.1, 0.15) is 59.3 Å². The first-order valence-electron chi connectivity index (χ1n) is 12.5. The molecule has 4 saturated carbocycles. The predicted octanol–water partition coefficient (Wildman–Crippen LogP) is 3.83. The third-order valence-electron chi connectivity index (χ3n) is 7.70. The normalized spacial score (nSPS) is 32.1. The fourth-order valence-corrected chi connectivity index (χ4v) is 9.23. The SMILES string of the molecule is CCO[Si](CCCNC(=O)OCC1CC2C3CCC(C(CO)C3)C2C1)(OCC)OCC. The third kappa shape index (κ3) is 6.22. The van der Waals surface area contributed by atoms with Crippen LogP contribution in [0, 0.1) is 35.5 Å². The van der Waals surface area contributed by atoms with Gasteiger partial charge in [0.05, 0.1) is 6.61 Å². The highest BCUT2D eigenvalue weighted by Gasteiger charge is 2.52. The van der Waals surface area contributed by atoms with Crippen molar-refractivity contribution in [3.8, 4) is 0 Å². The van der Waals surface area contributed by atoms with Crippen molar-refractivity contribution in [1.82, 2.24) is 5.32 Å². The van der Waals surface area contributed by atoms with Gasteiger partial charge in [-0.05, 0) is 94.8 Å². The molecule has 0 aromatic heterocycles. The summed E-state index contributed by atoms with van der Waals surface area (Å²) in [5.41, 5.74) is 0. The minimum Gasteiger partial charge on any atom is -0.449 e. The zero-order chi connectivity index (χ0) is 22.3. The Balaban J connectivity index is 1.35. The summed E-state index contributed by atoms with van der Waals surface area (Å²) < 4.78 is 23.1. The number of aliphatic hydroxyl groups excluding tert-OH is 1. The zero-order valence-corrected chi connectivity index (χ0v) is 20.6. The number of carbonyl (C=O) groups excluding carboxylic acids is 1. The summed E-state index contributed by atoms with van der Waals surface area (Å²) >= 11 is 0. The van der Waals surface area contributed by atoms with Gasteiger partial charge < -0.3 is 28.4 Å². The van der Waals surface area contributed by atoms with Crippen LogP contribution in [0.15, 0.2) is 0 Å². The number of hydrogen-bond acceptors (Lipinski definition) is 6. The molecule has 6 unspecified atom stereocenters. The molecule has 0 radical (unpaired) electrons. The molecule has 0 spiro atoms. The van der Waals surface area contributed by atoms with Gasteiger partial charge in [-0.2, -0.15) is 0 Å². The number of aliphatic hydroxyl groups is 1. The molecule has 4 rings (SSSR count). The van der Waals surface area contributed by atoms with E-state index in [1.807, 2.05) is 20.8 Å². The van der Waals surface area contributed by atoms with Crippen LogP contribution in [-0.2, 0) is 18.0 Å². The summed E-state index contributed by atoms with van der Waals surface area (Å²) in [7, 11) is -2.65. The van der Waals surface area contributed by atoms with E-state index in [2.05, 4.69) is 5.32 Å². The van der Waals surface area contributed by atoms with Gasteiger partial charge in [0.15, 0.2) is 0 Å².